The third-order valence-electron chi connectivity index (χ3n) is 5.26. The van der Waals surface area contributed by atoms with Crippen molar-refractivity contribution in [2.75, 3.05) is 39.4 Å². The highest BCUT2D eigenvalue weighted by Gasteiger charge is 2.35. The van der Waals surface area contributed by atoms with E-state index >= 15 is 0 Å². The molecule has 0 spiro atoms. The molecular formula is C18H24FN3O. The van der Waals surface area contributed by atoms with Crippen molar-refractivity contribution < 1.29 is 9.13 Å². The highest BCUT2D eigenvalue weighted by Crippen LogP contribution is 2.28. The van der Waals surface area contributed by atoms with Gasteiger partial charge in [-0.2, -0.15) is 5.26 Å². The Kier molecular flexibility index (Phi) is 4.96. The lowest BCUT2D eigenvalue weighted by Crippen LogP contribution is -2.57. The van der Waals surface area contributed by atoms with Gasteiger partial charge in [-0.05, 0) is 37.5 Å². The molecule has 0 unspecified atom stereocenters. The number of hydrogen-bond acceptors (Lipinski definition) is 4. The van der Waals surface area contributed by atoms with E-state index < -0.39 is 5.82 Å². The predicted molar refractivity (Wildman–Crippen MR) is 86.4 cm³/mol. The second-order valence-corrected chi connectivity index (χ2v) is 6.80. The molecule has 1 aromatic rings. The second-order valence-electron chi connectivity index (χ2n) is 6.80. The molecule has 3 rings (SSSR count). The monoisotopic (exact) mass is 317 g/mol. The zero-order valence-electron chi connectivity index (χ0n) is 13.7. The summed E-state index contributed by atoms with van der Waals surface area (Å²) in [7, 11) is 0. The number of nitriles is 1. The summed E-state index contributed by atoms with van der Waals surface area (Å²) in [6.07, 6.45) is 2.22. The summed E-state index contributed by atoms with van der Waals surface area (Å²) >= 11 is 0. The molecule has 1 aromatic carbocycles. The maximum Gasteiger partial charge on any atom is 0.140 e. The number of hydrogen-bond donors (Lipinski definition) is 0. The lowest BCUT2D eigenvalue weighted by Gasteiger charge is -2.47. The van der Waals surface area contributed by atoms with Gasteiger partial charge >= 0.3 is 0 Å². The lowest BCUT2D eigenvalue weighted by atomic mass is 9.89. The van der Waals surface area contributed by atoms with E-state index in [1.54, 1.807) is 12.1 Å². The Morgan fingerprint density at radius 2 is 1.91 bits per heavy atom. The minimum absolute atomic E-state index is 0.135. The van der Waals surface area contributed by atoms with Crippen molar-refractivity contribution in [3.05, 3.63) is 35.1 Å². The average molecular weight is 317 g/mol. The van der Waals surface area contributed by atoms with Gasteiger partial charge < -0.3 is 4.74 Å². The first kappa shape index (κ1) is 16.4. The van der Waals surface area contributed by atoms with Gasteiger partial charge in [-0.15, -0.1) is 0 Å². The highest BCUT2D eigenvalue weighted by molar-refractivity contribution is 5.34. The molecule has 124 valence electrons. The van der Waals surface area contributed by atoms with E-state index in [1.807, 2.05) is 6.07 Å². The molecule has 0 radical (unpaired) electrons. The van der Waals surface area contributed by atoms with Crippen LogP contribution in [0.2, 0.25) is 0 Å². The predicted octanol–water partition coefficient (Wildman–Crippen LogP) is 2.38. The van der Waals surface area contributed by atoms with Crippen molar-refractivity contribution in [3.63, 3.8) is 0 Å². The van der Waals surface area contributed by atoms with Crippen molar-refractivity contribution in [2.24, 2.45) is 0 Å². The zero-order chi connectivity index (χ0) is 16.3. The largest absolute Gasteiger partial charge is 0.381 e. The van der Waals surface area contributed by atoms with Crippen LogP contribution in [0.25, 0.3) is 0 Å². The van der Waals surface area contributed by atoms with E-state index in [4.69, 9.17) is 10.00 Å². The average Bonchev–Trinajstić information content (AvgIpc) is 2.58. The number of halogens is 1. The molecule has 2 heterocycles. The minimum atomic E-state index is -0.437. The quantitative estimate of drug-likeness (QED) is 0.858. The van der Waals surface area contributed by atoms with Gasteiger partial charge in [0.2, 0.25) is 0 Å². The Bertz CT molecular complexity index is 584. The number of rotatable bonds is 3. The van der Waals surface area contributed by atoms with Crippen molar-refractivity contribution in [3.8, 4) is 6.07 Å². The maximum atomic E-state index is 13.4. The minimum Gasteiger partial charge on any atom is -0.381 e. The number of piperazine rings is 1. The summed E-state index contributed by atoms with van der Waals surface area (Å²) in [5, 5.41) is 8.94. The van der Waals surface area contributed by atoms with Gasteiger partial charge in [0.1, 0.15) is 11.9 Å². The second kappa shape index (κ2) is 6.96. The van der Waals surface area contributed by atoms with E-state index in [9.17, 15) is 4.39 Å². The molecule has 0 aromatic heterocycles. The molecule has 2 aliphatic heterocycles. The van der Waals surface area contributed by atoms with Crippen LogP contribution in [0.1, 0.15) is 30.9 Å². The standard InChI is InChI=1S/C18H24FN3O/c1-18(4-10-23-11-5-18)22-8-6-21(7-9-22)14-15-2-3-17(19)16(12-15)13-20/h2-3,12H,4-11,14H2,1H3. The van der Waals surface area contributed by atoms with Gasteiger partial charge in [0.15, 0.2) is 0 Å². The SMILES string of the molecule is CC1(N2CCN(Cc3ccc(F)c(C#N)c3)CC2)CCOCC1. The fraction of sp³-hybridized carbons (Fsp3) is 0.611. The van der Waals surface area contributed by atoms with Gasteiger partial charge in [0.05, 0.1) is 5.56 Å². The molecule has 23 heavy (non-hydrogen) atoms. The Labute approximate surface area is 137 Å². The van der Waals surface area contributed by atoms with Crippen LogP contribution in [-0.2, 0) is 11.3 Å². The molecule has 0 bridgehead atoms. The van der Waals surface area contributed by atoms with Crippen LogP contribution < -0.4 is 0 Å². The van der Waals surface area contributed by atoms with Gasteiger partial charge in [-0.1, -0.05) is 6.07 Å². The van der Waals surface area contributed by atoms with Crippen LogP contribution in [0.15, 0.2) is 18.2 Å². The number of benzene rings is 1. The van der Waals surface area contributed by atoms with E-state index in [0.29, 0.717) is 0 Å². The summed E-state index contributed by atoms with van der Waals surface area (Å²) in [5.74, 6) is -0.437. The van der Waals surface area contributed by atoms with Gasteiger partial charge in [0, 0.05) is 51.5 Å². The lowest BCUT2D eigenvalue weighted by molar-refractivity contribution is -0.0385. The Morgan fingerprint density at radius 3 is 2.57 bits per heavy atom. The number of ether oxygens (including phenoxy) is 1. The molecule has 0 saturated carbocycles. The van der Waals surface area contributed by atoms with Crippen LogP contribution in [0.4, 0.5) is 4.39 Å². The van der Waals surface area contributed by atoms with Crippen LogP contribution in [0.3, 0.4) is 0 Å². The van der Waals surface area contributed by atoms with Crippen LogP contribution in [0, 0.1) is 17.1 Å². The third-order valence-corrected chi connectivity index (χ3v) is 5.26. The molecule has 5 heteroatoms. The van der Waals surface area contributed by atoms with E-state index in [2.05, 4.69) is 16.7 Å². The van der Waals surface area contributed by atoms with Gasteiger partial charge in [-0.25, -0.2) is 4.39 Å². The van der Waals surface area contributed by atoms with Crippen molar-refractivity contribution >= 4 is 0 Å². The number of nitrogens with zero attached hydrogens (tertiary/aromatic N) is 3. The molecule has 0 amide bonds. The summed E-state index contributed by atoms with van der Waals surface area (Å²) in [6.45, 7) is 9.00. The van der Waals surface area contributed by atoms with Crippen molar-refractivity contribution in [1.29, 1.82) is 5.26 Å². The van der Waals surface area contributed by atoms with Crippen LogP contribution >= 0.6 is 0 Å². The molecule has 2 saturated heterocycles. The first-order chi connectivity index (χ1) is 11.1. The molecule has 2 aliphatic rings. The Morgan fingerprint density at radius 1 is 1.22 bits per heavy atom. The van der Waals surface area contributed by atoms with Crippen LogP contribution in [-0.4, -0.2) is 54.7 Å². The molecule has 4 nitrogen and oxygen atoms in total. The highest BCUT2D eigenvalue weighted by atomic mass is 19.1. The fourth-order valence-corrected chi connectivity index (χ4v) is 3.59. The summed E-state index contributed by atoms with van der Waals surface area (Å²) < 4.78 is 18.9. The third kappa shape index (κ3) is 3.72. The normalized spacial score (nSPS) is 22.7. The van der Waals surface area contributed by atoms with Gasteiger partial charge in [-0.3, -0.25) is 9.80 Å². The molecule has 2 fully saturated rings. The van der Waals surface area contributed by atoms with E-state index in [-0.39, 0.29) is 11.1 Å². The molecule has 0 aliphatic carbocycles. The molecular weight excluding hydrogens is 293 g/mol. The molecule has 0 N–H and O–H groups in total. The zero-order valence-corrected chi connectivity index (χ0v) is 13.7. The molecule has 0 atom stereocenters. The first-order valence-corrected chi connectivity index (χ1v) is 8.34. The summed E-state index contributed by atoms with van der Waals surface area (Å²) in [6, 6.07) is 6.76. The summed E-state index contributed by atoms with van der Waals surface area (Å²) in [4.78, 5) is 4.98. The summed E-state index contributed by atoms with van der Waals surface area (Å²) in [5.41, 5.74) is 1.42. The van der Waals surface area contributed by atoms with Crippen molar-refractivity contribution in [1.82, 2.24) is 9.80 Å². The van der Waals surface area contributed by atoms with E-state index in [1.165, 1.54) is 6.07 Å². The smallest absolute Gasteiger partial charge is 0.140 e. The Balaban J connectivity index is 1.56. The fourth-order valence-electron chi connectivity index (χ4n) is 3.59. The Hall–Kier alpha value is -1.48. The van der Waals surface area contributed by atoms with Crippen LogP contribution in [0.5, 0.6) is 0 Å². The van der Waals surface area contributed by atoms with E-state index in [0.717, 1.165) is 64.3 Å². The first-order valence-electron chi connectivity index (χ1n) is 8.34. The topological polar surface area (TPSA) is 39.5 Å². The van der Waals surface area contributed by atoms with Crippen molar-refractivity contribution in [2.45, 2.75) is 31.8 Å². The maximum absolute atomic E-state index is 13.4. The van der Waals surface area contributed by atoms with Gasteiger partial charge in [0.25, 0.3) is 0 Å².